The van der Waals surface area contributed by atoms with E-state index < -0.39 is 56.7 Å². The quantitative estimate of drug-likeness (QED) is 0.447. The normalized spacial score (nSPS) is 30.2. The second-order valence-electron chi connectivity index (χ2n) is 12.0. The molecule has 0 bridgehead atoms. The summed E-state index contributed by atoms with van der Waals surface area (Å²) in [5, 5.41) is 4.96. The molecule has 3 aliphatic carbocycles. The number of hydrogen-bond donors (Lipinski definition) is 3. The van der Waals surface area contributed by atoms with Crippen molar-refractivity contribution in [1.82, 2.24) is 14.9 Å². The molecule has 13 heteroatoms. The minimum absolute atomic E-state index is 0.0954. The lowest BCUT2D eigenvalue weighted by Crippen LogP contribution is -2.54. The van der Waals surface area contributed by atoms with E-state index in [2.05, 4.69) is 15.4 Å². The smallest absolute Gasteiger partial charge is 0.412 e. The topological polar surface area (TPSA) is 160 Å². The van der Waals surface area contributed by atoms with Gasteiger partial charge in [-0.05, 0) is 63.0 Å². The first-order valence-electron chi connectivity index (χ1n) is 14.8. The first kappa shape index (κ1) is 30.1. The molecule has 0 spiro atoms. The number of carbonyl (C=O) groups excluding carboxylic acids is 4. The number of para-hydroxylation sites is 2. The Morgan fingerprint density at radius 1 is 1.02 bits per heavy atom. The lowest BCUT2D eigenvalue weighted by atomic mass is 9.92. The molecule has 1 saturated heterocycles. The first-order chi connectivity index (χ1) is 20.0. The van der Waals surface area contributed by atoms with Crippen LogP contribution in [0.1, 0.15) is 64.2 Å². The van der Waals surface area contributed by atoms with Gasteiger partial charge in [0.05, 0.1) is 29.9 Å². The Balaban J connectivity index is 1.33. The van der Waals surface area contributed by atoms with Gasteiger partial charge in [-0.3, -0.25) is 24.4 Å². The van der Waals surface area contributed by atoms with Crippen LogP contribution in [0.3, 0.4) is 0 Å². The van der Waals surface area contributed by atoms with Crippen LogP contribution in [0.15, 0.2) is 24.3 Å². The summed E-state index contributed by atoms with van der Waals surface area (Å²) in [6.45, 7) is 0.554. The molecule has 1 aromatic rings. The van der Waals surface area contributed by atoms with E-state index in [1.165, 1.54) is 7.11 Å². The van der Waals surface area contributed by atoms with Crippen molar-refractivity contribution >= 4 is 39.5 Å². The Labute approximate surface area is 246 Å². The number of rotatable bonds is 6. The van der Waals surface area contributed by atoms with Gasteiger partial charge in [-0.15, -0.1) is 0 Å². The van der Waals surface area contributed by atoms with Gasteiger partial charge in [-0.1, -0.05) is 31.4 Å². The van der Waals surface area contributed by atoms with Crippen LogP contribution in [0.25, 0.3) is 0 Å². The number of benzene rings is 1. The molecule has 0 radical (unpaired) electrons. The SMILES string of the molecule is COc1ccccc1NC(=O)O[C@@H]1C[C@H]2C(=O)N[C@]3(C(=O)NS(=O)(=O)C4CC4)C[C@H]3CCCCCCN(C)C(=O)[C@@H]2C1. The molecule has 12 nitrogen and oxygen atoms in total. The Hall–Kier alpha value is -3.35. The zero-order valence-electron chi connectivity index (χ0n) is 24.1. The fourth-order valence-electron chi connectivity index (χ4n) is 6.34. The maximum atomic E-state index is 13.8. The number of carbonyl (C=O) groups is 4. The van der Waals surface area contributed by atoms with Crippen molar-refractivity contribution in [3.05, 3.63) is 24.3 Å². The summed E-state index contributed by atoms with van der Waals surface area (Å²) in [5.74, 6) is -2.76. The van der Waals surface area contributed by atoms with Crippen LogP contribution in [0.2, 0.25) is 0 Å². The third-order valence-electron chi connectivity index (χ3n) is 9.02. The monoisotopic (exact) mass is 604 g/mol. The average Bonchev–Trinajstić information content (AvgIpc) is 3.87. The maximum absolute atomic E-state index is 13.8. The van der Waals surface area contributed by atoms with Gasteiger partial charge in [0.2, 0.25) is 21.8 Å². The maximum Gasteiger partial charge on any atom is 0.412 e. The lowest BCUT2D eigenvalue weighted by Gasteiger charge is -2.27. The van der Waals surface area contributed by atoms with Gasteiger partial charge in [-0.25, -0.2) is 13.2 Å². The van der Waals surface area contributed by atoms with E-state index in [9.17, 15) is 27.6 Å². The second kappa shape index (κ2) is 12.1. The molecule has 3 N–H and O–H groups in total. The first-order valence-corrected chi connectivity index (χ1v) is 16.3. The number of amides is 4. The number of sulfonamides is 1. The highest BCUT2D eigenvalue weighted by Gasteiger charge is 2.62. The Bertz CT molecular complexity index is 1330. The molecule has 230 valence electrons. The third-order valence-corrected chi connectivity index (χ3v) is 10.8. The summed E-state index contributed by atoms with van der Waals surface area (Å²) in [5.41, 5.74) is -0.910. The highest BCUT2D eigenvalue weighted by molar-refractivity contribution is 7.91. The molecule has 1 aliphatic heterocycles. The summed E-state index contributed by atoms with van der Waals surface area (Å²) >= 11 is 0. The second-order valence-corrected chi connectivity index (χ2v) is 14.0. The molecule has 0 aromatic heterocycles. The number of methoxy groups -OCH3 is 1. The van der Waals surface area contributed by atoms with Crippen LogP contribution < -0.4 is 20.1 Å². The molecule has 42 heavy (non-hydrogen) atoms. The number of anilines is 1. The number of nitrogens with zero attached hydrogens (tertiary/aromatic N) is 1. The summed E-state index contributed by atoms with van der Waals surface area (Å²) in [6, 6.07) is 6.86. The minimum atomic E-state index is -3.80. The highest BCUT2D eigenvalue weighted by atomic mass is 32.2. The molecular formula is C29H40N4O8S. The number of fused-ring (bicyclic) bond motifs is 2. The van der Waals surface area contributed by atoms with Gasteiger partial charge in [0.15, 0.2) is 0 Å². The van der Waals surface area contributed by atoms with Crippen molar-refractivity contribution in [2.24, 2.45) is 17.8 Å². The van der Waals surface area contributed by atoms with Crippen molar-refractivity contribution in [2.75, 3.05) is 26.0 Å². The molecule has 0 unspecified atom stereocenters. The summed E-state index contributed by atoms with van der Waals surface area (Å²) in [4.78, 5) is 55.1. The van der Waals surface area contributed by atoms with E-state index >= 15 is 0 Å². The Kier molecular flexibility index (Phi) is 8.68. The predicted octanol–water partition coefficient (Wildman–Crippen LogP) is 2.54. The van der Waals surface area contributed by atoms with E-state index in [1.807, 2.05) is 0 Å². The van der Waals surface area contributed by atoms with Crippen molar-refractivity contribution < 1.29 is 37.1 Å². The van der Waals surface area contributed by atoms with E-state index in [1.54, 1.807) is 36.2 Å². The lowest BCUT2D eigenvalue weighted by molar-refractivity contribution is -0.140. The van der Waals surface area contributed by atoms with Gasteiger partial charge < -0.3 is 19.7 Å². The van der Waals surface area contributed by atoms with Gasteiger partial charge >= 0.3 is 6.09 Å². The fourth-order valence-corrected chi connectivity index (χ4v) is 7.70. The molecule has 5 atom stereocenters. The van der Waals surface area contributed by atoms with E-state index in [0.29, 0.717) is 43.7 Å². The van der Waals surface area contributed by atoms with Crippen molar-refractivity contribution in [3.63, 3.8) is 0 Å². The van der Waals surface area contributed by atoms with Crippen molar-refractivity contribution in [1.29, 1.82) is 0 Å². The van der Waals surface area contributed by atoms with Crippen molar-refractivity contribution in [2.45, 2.75) is 81.1 Å². The average molecular weight is 605 g/mol. The van der Waals surface area contributed by atoms with E-state index in [4.69, 9.17) is 9.47 Å². The highest BCUT2D eigenvalue weighted by Crippen LogP contribution is 2.49. The van der Waals surface area contributed by atoms with Gasteiger partial charge in [-0.2, -0.15) is 0 Å². The molecule has 1 heterocycles. The van der Waals surface area contributed by atoms with Crippen LogP contribution in [-0.2, 0) is 29.1 Å². The van der Waals surface area contributed by atoms with Crippen LogP contribution in [0.4, 0.5) is 10.5 Å². The zero-order chi connectivity index (χ0) is 30.1. The number of ether oxygens (including phenoxy) is 2. The molecule has 4 fully saturated rings. The minimum Gasteiger partial charge on any atom is -0.495 e. The zero-order valence-corrected chi connectivity index (χ0v) is 24.9. The fraction of sp³-hybridized carbons (Fsp3) is 0.655. The molecule has 4 amide bonds. The number of hydrogen-bond acceptors (Lipinski definition) is 8. The van der Waals surface area contributed by atoms with Gasteiger partial charge in [0, 0.05) is 13.6 Å². The van der Waals surface area contributed by atoms with E-state index in [0.717, 1.165) is 25.7 Å². The van der Waals surface area contributed by atoms with Crippen LogP contribution in [0.5, 0.6) is 5.75 Å². The molecule has 4 aliphatic rings. The molecular weight excluding hydrogens is 564 g/mol. The predicted molar refractivity (Wildman–Crippen MR) is 153 cm³/mol. The molecule has 5 rings (SSSR count). The van der Waals surface area contributed by atoms with E-state index in [-0.39, 0.29) is 24.7 Å². The van der Waals surface area contributed by atoms with Crippen LogP contribution in [-0.4, -0.2) is 74.7 Å². The van der Waals surface area contributed by atoms with Gasteiger partial charge in [0.1, 0.15) is 17.4 Å². The van der Waals surface area contributed by atoms with Crippen LogP contribution in [0, 0.1) is 17.8 Å². The van der Waals surface area contributed by atoms with Crippen molar-refractivity contribution in [3.8, 4) is 5.75 Å². The standard InChI is InChI=1S/C29H40N4O8S/c1-33-14-8-4-3-5-9-18-17-29(18,27(36)32-42(38,39)20-12-13-20)31-25(34)21-15-19(16-22(21)26(33)35)41-28(37)30-23-10-6-7-11-24(23)40-2/h6-7,10-11,18-22H,3-5,8-9,12-17H2,1-2H3,(H,30,37)(H,31,34)(H,32,36)/t18-,19-,21-,22-,29-/m1/s1. The Morgan fingerprint density at radius 2 is 1.74 bits per heavy atom. The third kappa shape index (κ3) is 6.50. The largest absolute Gasteiger partial charge is 0.495 e. The van der Waals surface area contributed by atoms with Gasteiger partial charge in [0.25, 0.3) is 5.91 Å². The molecule has 3 saturated carbocycles. The van der Waals surface area contributed by atoms with Crippen LogP contribution >= 0.6 is 0 Å². The summed E-state index contributed by atoms with van der Waals surface area (Å²) in [6.07, 6.45) is 4.32. The Morgan fingerprint density at radius 3 is 2.48 bits per heavy atom. The summed E-state index contributed by atoms with van der Waals surface area (Å²) in [7, 11) is -0.604. The summed E-state index contributed by atoms with van der Waals surface area (Å²) < 4.78 is 38.3. The molecule has 1 aromatic carbocycles. The number of nitrogens with one attached hydrogen (secondary N) is 3.